The Morgan fingerprint density at radius 2 is 2.08 bits per heavy atom. The van der Waals surface area contributed by atoms with Crippen molar-refractivity contribution in [3.63, 3.8) is 0 Å². The van der Waals surface area contributed by atoms with Crippen LogP contribution in [-0.4, -0.2) is 32.0 Å². The van der Waals surface area contributed by atoms with Crippen LogP contribution in [0.5, 0.6) is 0 Å². The van der Waals surface area contributed by atoms with Crippen LogP contribution < -0.4 is 0 Å². The summed E-state index contributed by atoms with van der Waals surface area (Å²) in [5.41, 5.74) is 0.435. The summed E-state index contributed by atoms with van der Waals surface area (Å²) in [6.45, 7) is 2.66. The van der Waals surface area contributed by atoms with Gasteiger partial charge in [0, 0.05) is 12.8 Å². The van der Waals surface area contributed by atoms with E-state index >= 15 is 0 Å². The second-order valence-electron chi connectivity index (χ2n) is 2.74. The number of carbonyl (C=O) groups is 1. The highest BCUT2D eigenvalue weighted by Crippen LogP contribution is 1.96. The molecule has 13 heavy (non-hydrogen) atoms. The van der Waals surface area contributed by atoms with Gasteiger partial charge in [-0.1, -0.05) is 13.3 Å². The maximum absolute atomic E-state index is 11.0. The van der Waals surface area contributed by atoms with Gasteiger partial charge < -0.3 is 14.9 Å². The Balaban J connectivity index is 3.44. The minimum Gasteiger partial charge on any atom is -0.463 e. The summed E-state index contributed by atoms with van der Waals surface area (Å²) in [6, 6.07) is 0. The Labute approximate surface area is 78.7 Å². The summed E-state index contributed by atoms with van der Waals surface area (Å²) < 4.78 is 9.51. The molecule has 0 aromatic carbocycles. The van der Waals surface area contributed by atoms with Crippen molar-refractivity contribution >= 4 is 11.7 Å². The molecule has 0 unspecified atom stereocenters. The fraction of sp³-hybridized carbons (Fsp3) is 0.778. The van der Waals surface area contributed by atoms with E-state index in [-0.39, 0.29) is 19.0 Å². The van der Waals surface area contributed by atoms with Crippen LogP contribution in [0, 0.1) is 5.41 Å². The normalized spacial score (nSPS) is 9.69. The van der Waals surface area contributed by atoms with Crippen molar-refractivity contribution < 1.29 is 14.3 Å². The summed E-state index contributed by atoms with van der Waals surface area (Å²) in [6.07, 6.45) is 1.67. The number of carbonyl (C=O) groups excluding carboxylic acids is 1. The zero-order valence-electron chi connectivity index (χ0n) is 8.26. The summed E-state index contributed by atoms with van der Waals surface area (Å²) >= 11 is 0. The second-order valence-corrected chi connectivity index (χ2v) is 2.74. The van der Waals surface area contributed by atoms with E-state index in [9.17, 15) is 4.79 Å². The largest absolute Gasteiger partial charge is 0.463 e. The van der Waals surface area contributed by atoms with Gasteiger partial charge in [0.1, 0.15) is 6.61 Å². The Hall–Kier alpha value is -0.900. The number of hydrogen-bond acceptors (Lipinski definition) is 4. The van der Waals surface area contributed by atoms with E-state index < -0.39 is 0 Å². The number of nitrogens with one attached hydrogen (secondary N) is 1. The SMILES string of the molecule is CCCC(=N)CC(=O)OCCOC. The third kappa shape index (κ3) is 7.46. The fourth-order valence-electron chi connectivity index (χ4n) is 0.854. The average molecular weight is 187 g/mol. The monoisotopic (exact) mass is 187 g/mol. The first-order chi connectivity index (χ1) is 6.20. The zero-order chi connectivity index (χ0) is 10.1. The van der Waals surface area contributed by atoms with Crippen molar-refractivity contribution in [2.24, 2.45) is 0 Å². The Morgan fingerprint density at radius 3 is 2.62 bits per heavy atom. The van der Waals surface area contributed by atoms with Gasteiger partial charge in [-0.05, 0) is 6.42 Å². The molecule has 0 saturated carbocycles. The molecule has 0 heterocycles. The molecule has 1 N–H and O–H groups in total. The molecule has 0 saturated heterocycles. The number of hydrogen-bond donors (Lipinski definition) is 1. The predicted molar refractivity (Wildman–Crippen MR) is 50.1 cm³/mol. The lowest BCUT2D eigenvalue weighted by Crippen LogP contribution is -2.13. The molecular formula is C9H17NO3. The Morgan fingerprint density at radius 1 is 1.38 bits per heavy atom. The quantitative estimate of drug-likeness (QED) is 0.372. The molecule has 0 rings (SSSR count). The molecule has 0 aromatic rings. The summed E-state index contributed by atoms with van der Waals surface area (Å²) in [5.74, 6) is -0.337. The minimum atomic E-state index is -0.337. The van der Waals surface area contributed by atoms with Crippen LogP contribution in [0.2, 0.25) is 0 Å². The molecule has 0 fully saturated rings. The highest BCUT2D eigenvalue weighted by molar-refractivity contribution is 5.97. The average Bonchev–Trinajstić information content (AvgIpc) is 2.05. The molecular weight excluding hydrogens is 170 g/mol. The number of ether oxygens (including phenoxy) is 2. The molecule has 0 atom stereocenters. The van der Waals surface area contributed by atoms with Crippen LogP contribution in [0.3, 0.4) is 0 Å². The first-order valence-electron chi connectivity index (χ1n) is 4.41. The highest BCUT2D eigenvalue weighted by atomic mass is 16.6. The molecule has 0 aromatic heterocycles. The molecule has 0 amide bonds. The van der Waals surface area contributed by atoms with Crippen LogP contribution in [0.25, 0.3) is 0 Å². The van der Waals surface area contributed by atoms with Crippen LogP contribution >= 0.6 is 0 Å². The molecule has 4 nitrogen and oxygen atoms in total. The van der Waals surface area contributed by atoms with Gasteiger partial charge in [0.25, 0.3) is 0 Å². The minimum absolute atomic E-state index is 0.109. The molecule has 0 radical (unpaired) electrons. The van der Waals surface area contributed by atoms with Crippen LogP contribution in [0.1, 0.15) is 26.2 Å². The van der Waals surface area contributed by atoms with E-state index in [1.165, 1.54) is 0 Å². The first-order valence-corrected chi connectivity index (χ1v) is 4.41. The van der Waals surface area contributed by atoms with Crippen molar-refractivity contribution in [1.82, 2.24) is 0 Å². The van der Waals surface area contributed by atoms with E-state index in [1.807, 2.05) is 6.92 Å². The van der Waals surface area contributed by atoms with Crippen molar-refractivity contribution in [2.45, 2.75) is 26.2 Å². The summed E-state index contributed by atoms with van der Waals surface area (Å²) in [4.78, 5) is 11.0. The van der Waals surface area contributed by atoms with Crippen molar-refractivity contribution in [3.8, 4) is 0 Å². The Bertz CT molecular complexity index is 168. The number of rotatable bonds is 7. The zero-order valence-corrected chi connectivity index (χ0v) is 8.26. The number of esters is 1. The highest BCUT2D eigenvalue weighted by Gasteiger charge is 2.05. The van der Waals surface area contributed by atoms with Gasteiger partial charge in [-0.15, -0.1) is 0 Å². The predicted octanol–water partition coefficient (Wildman–Crippen LogP) is 1.39. The fourth-order valence-corrected chi connectivity index (χ4v) is 0.854. The summed E-state index contributed by atoms with van der Waals surface area (Å²) in [7, 11) is 1.55. The van der Waals surface area contributed by atoms with E-state index in [1.54, 1.807) is 7.11 Å². The summed E-state index contributed by atoms with van der Waals surface area (Å²) in [5, 5.41) is 7.37. The maximum atomic E-state index is 11.0. The molecule has 4 heteroatoms. The van der Waals surface area contributed by atoms with E-state index in [4.69, 9.17) is 14.9 Å². The second kappa shape index (κ2) is 7.73. The van der Waals surface area contributed by atoms with Crippen LogP contribution in [0.4, 0.5) is 0 Å². The Kier molecular flexibility index (Phi) is 7.20. The lowest BCUT2D eigenvalue weighted by Gasteiger charge is -2.04. The third-order valence-electron chi connectivity index (χ3n) is 1.46. The molecule has 0 bridgehead atoms. The molecule has 0 aliphatic heterocycles. The molecule has 0 aliphatic rings. The van der Waals surface area contributed by atoms with Gasteiger partial charge in [-0.2, -0.15) is 0 Å². The standard InChI is InChI=1S/C9H17NO3/c1-3-4-8(10)7-9(11)13-6-5-12-2/h10H,3-7H2,1-2H3. The van der Waals surface area contributed by atoms with Gasteiger partial charge >= 0.3 is 5.97 Å². The lowest BCUT2D eigenvalue weighted by molar-refractivity contribution is -0.143. The van der Waals surface area contributed by atoms with E-state index in [0.717, 1.165) is 6.42 Å². The molecule has 76 valence electrons. The van der Waals surface area contributed by atoms with E-state index in [0.29, 0.717) is 18.7 Å². The van der Waals surface area contributed by atoms with Crippen LogP contribution in [-0.2, 0) is 14.3 Å². The van der Waals surface area contributed by atoms with E-state index in [2.05, 4.69) is 0 Å². The first kappa shape index (κ1) is 12.1. The molecule has 0 spiro atoms. The van der Waals surface area contributed by atoms with Gasteiger partial charge in [0.15, 0.2) is 0 Å². The van der Waals surface area contributed by atoms with Gasteiger partial charge in [0.2, 0.25) is 0 Å². The smallest absolute Gasteiger partial charge is 0.311 e. The van der Waals surface area contributed by atoms with Crippen molar-refractivity contribution in [3.05, 3.63) is 0 Å². The topological polar surface area (TPSA) is 59.4 Å². The molecule has 0 aliphatic carbocycles. The maximum Gasteiger partial charge on any atom is 0.311 e. The van der Waals surface area contributed by atoms with Crippen molar-refractivity contribution in [2.75, 3.05) is 20.3 Å². The van der Waals surface area contributed by atoms with Crippen molar-refractivity contribution in [1.29, 1.82) is 5.41 Å². The number of methoxy groups -OCH3 is 1. The van der Waals surface area contributed by atoms with Gasteiger partial charge in [0.05, 0.1) is 13.0 Å². The van der Waals surface area contributed by atoms with Crippen LogP contribution in [0.15, 0.2) is 0 Å². The lowest BCUT2D eigenvalue weighted by atomic mass is 10.2. The van der Waals surface area contributed by atoms with Gasteiger partial charge in [-0.25, -0.2) is 0 Å². The van der Waals surface area contributed by atoms with Gasteiger partial charge in [-0.3, -0.25) is 4.79 Å². The third-order valence-corrected chi connectivity index (χ3v) is 1.46.